The number of anilines is 3. The molecule has 1 aliphatic rings. The fourth-order valence-electron chi connectivity index (χ4n) is 3.28. The highest BCUT2D eigenvalue weighted by atomic mass is 32.1. The van der Waals surface area contributed by atoms with Gasteiger partial charge in [-0.2, -0.15) is 0 Å². The summed E-state index contributed by atoms with van der Waals surface area (Å²) in [6.07, 6.45) is 1.35. The highest BCUT2D eigenvalue weighted by Crippen LogP contribution is 2.33. The summed E-state index contributed by atoms with van der Waals surface area (Å²) in [4.78, 5) is 43.2. The molecule has 4 rings (SSSR count). The molecule has 0 saturated heterocycles. The van der Waals surface area contributed by atoms with Gasteiger partial charge >= 0.3 is 5.97 Å². The number of Topliss-reactive ketones (excluding diaryl/α,β-unsaturated/α-hetero) is 1. The Hall–Kier alpha value is -4.31. The first kappa shape index (κ1) is 23.8. The Labute approximate surface area is 204 Å². The summed E-state index contributed by atoms with van der Waals surface area (Å²) in [6.45, 7) is 3.01. The van der Waals surface area contributed by atoms with E-state index in [1.54, 1.807) is 42.6 Å². The van der Waals surface area contributed by atoms with Gasteiger partial charge in [0.2, 0.25) is 17.6 Å². The molecule has 1 aromatic heterocycles. The molecule has 0 atom stereocenters. The number of nitrogens with one attached hydrogen (secondary N) is 1. The summed E-state index contributed by atoms with van der Waals surface area (Å²) < 4.78 is 25.0. The first-order valence-electron chi connectivity index (χ1n) is 10.6. The Morgan fingerprint density at radius 1 is 1.17 bits per heavy atom. The van der Waals surface area contributed by atoms with Crippen molar-refractivity contribution >= 4 is 51.6 Å². The maximum absolute atomic E-state index is 14.3. The molecule has 0 saturated carbocycles. The number of nitrogens with zero attached hydrogens (tertiary/aromatic N) is 2. The predicted octanol–water partition coefficient (Wildman–Crippen LogP) is 4.79. The van der Waals surface area contributed by atoms with Crippen molar-refractivity contribution in [2.45, 2.75) is 13.8 Å². The van der Waals surface area contributed by atoms with Gasteiger partial charge in [0, 0.05) is 24.1 Å². The average Bonchev–Trinajstić information content (AvgIpc) is 3.40. The van der Waals surface area contributed by atoms with Crippen molar-refractivity contribution in [1.29, 1.82) is 0 Å². The number of aromatic nitrogens is 1. The molecule has 0 fully saturated rings. The monoisotopic (exact) mass is 493 g/mol. The molecule has 178 valence electrons. The normalized spacial score (nSPS) is 14.1. The lowest BCUT2D eigenvalue weighted by atomic mass is 10.1. The van der Waals surface area contributed by atoms with Crippen LogP contribution in [0.3, 0.4) is 0 Å². The fourth-order valence-corrected chi connectivity index (χ4v) is 4.12. The lowest BCUT2D eigenvalue weighted by Gasteiger charge is -2.18. The number of hydrogen-bond acceptors (Lipinski definition) is 8. The van der Waals surface area contributed by atoms with E-state index < -0.39 is 23.5 Å². The van der Waals surface area contributed by atoms with Crippen LogP contribution < -0.4 is 10.2 Å². The molecular weight excluding hydrogens is 473 g/mol. The molecule has 1 aliphatic heterocycles. The van der Waals surface area contributed by atoms with Gasteiger partial charge in [-0.25, -0.2) is 14.2 Å². The molecule has 8 nitrogen and oxygen atoms in total. The van der Waals surface area contributed by atoms with Crippen LogP contribution in [0.2, 0.25) is 0 Å². The van der Waals surface area contributed by atoms with Crippen LogP contribution in [0.4, 0.5) is 20.9 Å². The molecule has 0 radical (unpaired) electrons. The molecular formula is C25H20FN3O5S. The second-order valence-corrected chi connectivity index (χ2v) is 8.05. The van der Waals surface area contributed by atoms with Crippen molar-refractivity contribution in [3.63, 3.8) is 0 Å². The third-order valence-electron chi connectivity index (χ3n) is 4.79. The van der Waals surface area contributed by atoms with E-state index in [0.717, 1.165) is 16.2 Å². The van der Waals surface area contributed by atoms with Crippen molar-refractivity contribution in [3.8, 4) is 0 Å². The minimum Gasteiger partial charge on any atom is -0.462 e. The highest BCUT2D eigenvalue weighted by molar-refractivity contribution is 7.14. The van der Waals surface area contributed by atoms with Crippen LogP contribution in [0, 0.1) is 5.82 Å². The Morgan fingerprint density at radius 2 is 1.89 bits per heavy atom. The minimum atomic E-state index is -0.819. The van der Waals surface area contributed by atoms with Gasteiger partial charge in [-0.3, -0.25) is 14.5 Å². The molecule has 10 heteroatoms. The molecule has 1 N–H and O–H groups in total. The highest BCUT2D eigenvalue weighted by Gasteiger charge is 2.37. The van der Waals surface area contributed by atoms with Gasteiger partial charge in [0.1, 0.15) is 5.82 Å². The first-order valence-corrected chi connectivity index (χ1v) is 11.5. The maximum Gasteiger partial charge on any atom is 0.347 e. The number of amides is 1. The number of allylic oxidation sites excluding steroid dienone is 1. The summed E-state index contributed by atoms with van der Waals surface area (Å²) in [7, 11) is 0. The lowest BCUT2D eigenvalue weighted by Crippen LogP contribution is -2.23. The number of benzene rings is 2. The molecule has 2 heterocycles. The van der Waals surface area contributed by atoms with Crippen molar-refractivity contribution in [2.75, 3.05) is 16.8 Å². The summed E-state index contributed by atoms with van der Waals surface area (Å²) in [5.74, 6) is -2.71. The van der Waals surface area contributed by atoms with Gasteiger partial charge in [0.05, 0.1) is 18.0 Å². The SMILES string of the molecule is CCOC(=O)C1=C(Nc2ccccc2)O/C(=C\c2csc(N(C(C)=O)c3ccccc3F)n2)C1=O. The van der Waals surface area contributed by atoms with Crippen molar-refractivity contribution in [3.05, 3.63) is 88.7 Å². The Bertz CT molecular complexity index is 1350. The minimum absolute atomic E-state index is 0.0573. The second kappa shape index (κ2) is 10.3. The number of carbonyl (C=O) groups excluding carboxylic acids is 3. The lowest BCUT2D eigenvalue weighted by molar-refractivity contribution is -0.139. The van der Waals surface area contributed by atoms with Crippen LogP contribution in [-0.2, 0) is 23.9 Å². The topological polar surface area (TPSA) is 97.8 Å². The Kier molecular flexibility index (Phi) is 7.02. The van der Waals surface area contributed by atoms with E-state index in [1.807, 2.05) is 6.07 Å². The number of rotatable bonds is 7. The number of hydrogen-bond donors (Lipinski definition) is 1. The molecule has 0 spiro atoms. The van der Waals surface area contributed by atoms with E-state index >= 15 is 0 Å². The number of thiazole rings is 1. The van der Waals surface area contributed by atoms with Gasteiger partial charge in [-0.05, 0) is 31.2 Å². The zero-order valence-corrected chi connectivity index (χ0v) is 19.6. The second-order valence-electron chi connectivity index (χ2n) is 7.22. The van der Waals surface area contributed by atoms with Gasteiger partial charge in [0.15, 0.2) is 16.5 Å². The summed E-state index contributed by atoms with van der Waals surface area (Å²) >= 11 is 1.09. The summed E-state index contributed by atoms with van der Waals surface area (Å²) in [5.41, 5.74) is 0.688. The van der Waals surface area contributed by atoms with Gasteiger partial charge in [-0.15, -0.1) is 11.3 Å². The summed E-state index contributed by atoms with van der Waals surface area (Å²) in [6, 6.07) is 14.7. The predicted molar refractivity (Wildman–Crippen MR) is 129 cm³/mol. The van der Waals surface area contributed by atoms with Crippen LogP contribution in [0.1, 0.15) is 19.5 Å². The number of carbonyl (C=O) groups is 3. The quantitative estimate of drug-likeness (QED) is 0.287. The van der Waals surface area contributed by atoms with Crippen molar-refractivity contribution in [1.82, 2.24) is 4.98 Å². The molecule has 35 heavy (non-hydrogen) atoms. The van der Waals surface area contributed by atoms with E-state index in [-0.39, 0.29) is 34.6 Å². The van der Waals surface area contributed by atoms with Gasteiger partial charge in [-0.1, -0.05) is 30.3 Å². The standard InChI is InChI=1S/C25H20FN3O5S/c1-3-33-24(32)21-22(31)20(34-23(21)27-16-9-5-4-6-10-16)13-17-14-35-25(28-17)29(15(2)30)19-12-8-7-11-18(19)26/h4-14,27H,3H2,1-2H3/b20-13-. The zero-order chi connectivity index (χ0) is 24.9. The third-order valence-corrected chi connectivity index (χ3v) is 5.63. The number of ether oxygens (including phenoxy) is 2. The third kappa shape index (κ3) is 5.12. The molecule has 3 aromatic rings. The summed E-state index contributed by atoms with van der Waals surface area (Å²) in [5, 5.41) is 4.72. The maximum atomic E-state index is 14.3. The molecule has 0 unspecified atom stereocenters. The van der Waals surface area contributed by atoms with E-state index in [2.05, 4.69) is 10.3 Å². The molecule has 1 amide bonds. The fraction of sp³-hybridized carbons (Fsp3) is 0.120. The van der Waals surface area contributed by atoms with Gasteiger partial charge < -0.3 is 14.8 Å². The molecule has 0 bridgehead atoms. The van der Waals surface area contributed by atoms with E-state index in [4.69, 9.17) is 9.47 Å². The smallest absolute Gasteiger partial charge is 0.347 e. The van der Waals surface area contributed by atoms with Crippen molar-refractivity contribution < 1.29 is 28.2 Å². The first-order chi connectivity index (χ1) is 16.9. The largest absolute Gasteiger partial charge is 0.462 e. The number of halogens is 1. The van der Waals surface area contributed by atoms with Gasteiger partial charge in [0.25, 0.3) is 0 Å². The number of para-hydroxylation sites is 2. The van der Waals surface area contributed by atoms with Crippen LogP contribution in [0.25, 0.3) is 6.08 Å². The Balaban J connectivity index is 1.64. The zero-order valence-electron chi connectivity index (χ0n) is 18.8. The van der Waals surface area contributed by atoms with Crippen LogP contribution in [0.15, 0.2) is 77.2 Å². The Morgan fingerprint density at radius 3 is 2.57 bits per heavy atom. The number of ketones is 1. The number of esters is 1. The average molecular weight is 494 g/mol. The van der Waals surface area contributed by atoms with E-state index in [1.165, 1.54) is 31.2 Å². The van der Waals surface area contributed by atoms with E-state index in [0.29, 0.717) is 11.4 Å². The molecule has 2 aromatic carbocycles. The van der Waals surface area contributed by atoms with Crippen molar-refractivity contribution in [2.24, 2.45) is 0 Å². The van der Waals surface area contributed by atoms with Crippen LogP contribution in [0.5, 0.6) is 0 Å². The van der Waals surface area contributed by atoms with E-state index in [9.17, 15) is 18.8 Å². The van der Waals surface area contributed by atoms with Crippen LogP contribution >= 0.6 is 11.3 Å². The van der Waals surface area contributed by atoms with Crippen LogP contribution in [-0.4, -0.2) is 29.3 Å². The molecule has 0 aliphatic carbocycles.